The van der Waals surface area contributed by atoms with E-state index in [1.54, 1.807) is 22.3 Å². The molecule has 2 aliphatic carbocycles. The number of hydrogen-bond acceptors (Lipinski definition) is 1. The second-order valence-corrected chi connectivity index (χ2v) is 7.13. The van der Waals surface area contributed by atoms with Gasteiger partial charge in [-0.25, -0.2) is 0 Å². The molecular formula is C18H16S. The Morgan fingerprint density at radius 2 is 1.00 bits per heavy atom. The maximum Gasteiger partial charge on any atom is 0.0358 e. The van der Waals surface area contributed by atoms with Gasteiger partial charge in [0.25, 0.3) is 0 Å². The molecule has 0 amide bonds. The summed E-state index contributed by atoms with van der Waals surface area (Å²) in [4.78, 5) is 0. The summed E-state index contributed by atoms with van der Waals surface area (Å²) in [5, 5.41) is 3.02. The van der Waals surface area contributed by atoms with Crippen molar-refractivity contribution in [2.24, 2.45) is 0 Å². The Kier molecular flexibility index (Phi) is 1.98. The van der Waals surface area contributed by atoms with Crippen molar-refractivity contribution < 1.29 is 0 Å². The van der Waals surface area contributed by atoms with Crippen molar-refractivity contribution >= 4 is 31.5 Å². The largest absolute Gasteiger partial charge is 0.135 e. The molecular weight excluding hydrogens is 248 g/mol. The lowest BCUT2D eigenvalue weighted by Gasteiger charge is -2.01. The molecule has 2 aliphatic rings. The number of thiophene rings is 1. The monoisotopic (exact) mass is 264 g/mol. The predicted molar refractivity (Wildman–Crippen MR) is 83.4 cm³/mol. The van der Waals surface area contributed by atoms with Gasteiger partial charge in [0.15, 0.2) is 0 Å². The molecule has 5 rings (SSSR count). The van der Waals surface area contributed by atoms with Crippen molar-refractivity contribution in [3.8, 4) is 0 Å². The van der Waals surface area contributed by atoms with E-state index in [1.807, 2.05) is 11.3 Å². The van der Waals surface area contributed by atoms with E-state index in [4.69, 9.17) is 0 Å². The van der Waals surface area contributed by atoms with E-state index in [-0.39, 0.29) is 0 Å². The summed E-state index contributed by atoms with van der Waals surface area (Å²) in [6.07, 6.45) is 7.84. The Hall–Kier alpha value is -1.34. The van der Waals surface area contributed by atoms with Crippen LogP contribution in [0.25, 0.3) is 20.2 Å². The Morgan fingerprint density at radius 1 is 0.579 bits per heavy atom. The first-order valence-corrected chi connectivity index (χ1v) is 8.20. The van der Waals surface area contributed by atoms with E-state index >= 15 is 0 Å². The van der Waals surface area contributed by atoms with Crippen LogP contribution in [0.1, 0.15) is 35.1 Å². The fourth-order valence-electron chi connectivity index (χ4n) is 3.91. The lowest BCUT2D eigenvalue weighted by Crippen LogP contribution is -1.82. The fraction of sp³-hybridized carbons (Fsp3) is 0.333. The number of benzene rings is 2. The third-order valence-corrected chi connectivity index (χ3v) is 6.01. The van der Waals surface area contributed by atoms with Crippen LogP contribution in [0.3, 0.4) is 0 Å². The first-order valence-electron chi connectivity index (χ1n) is 7.38. The molecule has 0 unspecified atom stereocenters. The van der Waals surface area contributed by atoms with Crippen molar-refractivity contribution in [1.82, 2.24) is 0 Å². The second-order valence-electron chi connectivity index (χ2n) is 6.04. The number of aryl methyl sites for hydroxylation is 4. The minimum atomic E-state index is 1.29. The Bertz CT molecular complexity index is 754. The van der Waals surface area contributed by atoms with Crippen LogP contribution < -0.4 is 0 Å². The topological polar surface area (TPSA) is 0 Å². The minimum Gasteiger partial charge on any atom is -0.135 e. The lowest BCUT2D eigenvalue weighted by molar-refractivity contribution is 0.912. The van der Waals surface area contributed by atoms with Crippen molar-refractivity contribution in [2.45, 2.75) is 38.5 Å². The molecule has 3 aromatic rings. The molecule has 2 aromatic carbocycles. The summed E-state index contributed by atoms with van der Waals surface area (Å²) in [5.74, 6) is 0. The fourth-order valence-corrected chi connectivity index (χ4v) is 5.11. The van der Waals surface area contributed by atoms with Crippen LogP contribution in [-0.2, 0) is 25.7 Å². The number of rotatable bonds is 0. The average molecular weight is 264 g/mol. The Balaban J connectivity index is 1.89. The van der Waals surface area contributed by atoms with E-state index in [0.717, 1.165) is 0 Å². The van der Waals surface area contributed by atoms with Gasteiger partial charge in [-0.3, -0.25) is 0 Å². The van der Waals surface area contributed by atoms with Gasteiger partial charge in [0.2, 0.25) is 0 Å². The number of fused-ring (bicyclic) bond motifs is 5. The molecule has 0 N–H and O–H groups in total. The van der Waals surface area contributed by atoms with Gasteiger partial charge in [-0.15, -0.1) is 11.3 Å². The van der Waals surface area contributed by atoms with Crippen LogP contribution >= 0.6 is 11.3 Å². The summed E-state index contributed by atoms with van der Waals surface area (Å²) >= 11 is 1.99. The van der Waals surface area contributed by atoms with Gasteiger partial charge in [-0.1, -0.05) is 0 Å². The molecule has 1 heterocycles. The molecule has 0 fully saturated rings. The van der Waals surface area contributed by atoms with Gasteiger partial charge < -0.3 is 0 Å². The predicted octanol–water partition coefficient (Wildman–Crippen LogP) is 5.03. The van der Waals surface area contributed by atoms with Gasteiger partial charge in [0, 0.05) is 20.2 Å². The quantitative estimate of drug-likeness (QED) is 0.534. The van der Waals surface area contributed by atoms with Crippen LogP contribution in [0.4, 0.5) is 0 Å². The maximum absolute atomic E-state index is 2.48. The highest BCUT2D eigenvalue weighted by Crippen LogP contribution is 2.40. The maximum atomic E-state index is 2.48. The van der Waals surface area contributed by atoms with Gasteiger partial charge in [0.1, 0.15) is 0 Å². The van der Waals surface area contributed by atoms with Crippen molar-refractivity contribution in [3.63, 3.8) is 0 Å². The molecule has 19 heavy (non-hydrogen) atoms. The summed E-state index contributed by atoms with van der Waals surface area (Å²) in [6.45, 7) is 0. The van der Waals surface area contributed by atoms with E-state index in [9.17, 15) is 0 Å². The van der Waals surface area contributed by atoms with E-state index in [2.05, 4.69) is 24.3 Å². The molecule has 0 saturated heterocycles. The van der Waals surface area contributed by atoms with Gasteiger partial charge in [-0.2, -0.15) is 0 Å². The molecule has 0 nitrogen and oxygen atoms in total. The van der Waals surface area contributed by atoms with E-state index in [0.29, 0.717) is 0 Å². The second kappa shape index (κ2) is 3.61. The smallest absolute Gasteiger partial charge is 0.0358 e. The third kappa shape index (κ3) is 1.40. The lowest BCUT2D eigenvalue weighted by atomic mass is 10.0. The van der Waals surface area contributed by atoms with Crippen LogP contribution in [-0.4, -0.2) is 0 Å². The summed E-state index contributed by atoms with van der Waals surface area (Å²) < 4.78 is 3.00. The molecule has 1 heteroatoms. The normalized spacial score (nSPS) is 17.3. The summed E-state index contributed by atoms with van der Waals surface area (Å²) in [7, 11) is 0. The summed E-state index contributed by atoms with van der Waals surface area (Å²) in [6, 6.07) is 9.90. The van der Waals surface area contributed by atoms with Crippen LogP contribution in [0, 0.1) is 0 Å². The zero-order valence-electron chi connectivity index (χ0n) is 11.0. The standard InChI is InChI=1S/C18H16S/c1-3-11-7-15-16-8-12-4-2-6-14(12)10-18(16)19-17(15)9-13(11)5-1/h7-10H,1-6H2. The molecule has 0 atom stereocenters. The third-order valence-electron chi connectivity index (χ3n) is 4.90. The first kappa shape index (κ1) is 10.4. The van der Waals surface area contributed by atoms with Crippen LogP contribution in [0.5, 0.6) is 0 Å². The molecule has 0 radical (unpaired) electrons. The first-order chi connectivity index (χ1) is 9.38. The highest BCUT2D eigenvalue weighted by Gasteiger charge is 2.17. The zero-order chi connectivity index (χ0) is 12.4. The zero-order valence-corrected chi connectivity index (χ0v) is 11.8. The number of hydrogen-bond donors (Lipinski definition) is 0. The van der Waals surface area contributed by atoms with Crippen molar-refractivity contribution in [1.29, 1.82) is 0 Å². The molecule has 94 valence electrons. The van der Waals surface area contributed by atoms with Crippen LogP contribution in [0.15, 0.2) is 24.3 Å². The van der Waals surface area contributed by atoms with Crippen molar-refractivity contribution in [3.05, 3.63) is 46.5 Å². The molecule has 0 bridgehead atoms. The molecule has 0 spiro atoms. The summed E-state index contributed by atoms with van der Waals surface area (Å²) in [5.41, 5.74) is 6.42. The molecule has 0 saturated carbocycles. The van der Waals surface area contributed by atoms with Gasteiger partial charge in [0.05, 0.1) is 0 Å². The highest BCUT2D eigenvalue weighted by atomic mass is 32.1. The molecule has 1 aromatic heterocycles. The van der Waals surface area contributed by atoms with E-state index in [1.165, 1.54) is 58.7 Å². The SMILES string of the molecule is c1c2c(cc3c1sc1cc4c(cc13)CCC4)CCC2. The van der Waals surface area contributed by atoms with Gasteiger partial charge in [-0.05, 0) is 85.0 Å². The Morgan fingerprint density at radius 3 is 1.47 bits per heavy atom. The minimum absolute atomic E-state index is 1.29. The van der Waals surface area contributed by atoms with Crippen molar-refractivity contribution in [2.75, 3.05) is 0 Å². The molecule has 0 aliphatic heterocycles. The highest BCUT2D eigenvalue weighted by molar-refractivity contribution is 7.25. The van der Waals surface area contributed by atoms with E-state index < -0.39 is 0 Å². The Labute approximate surface area is 117 Å². The van der Waals surface area contributed by atoms with Gasteiger partial charge >= 0.3 is 0 Å². The van der Waals surface area contributed by atoms with Crippen LogP contribution in [0.2, 0.25) is 0 Å². The average Bonchev–Trinajstić information content (AvgIpc) is 3.10.